The molecular formula is C20H17N3O7. The maximum atomic E-state index is 12.5. The van der Waals surface area contributed by atoms with E-state index in [4.69, 9.17) is 9.47 Å². The van der Waals surface area contributed by atoms with Gasteiger partial charge in [-0.05, 0) is 31.2 Å². The molecule has 10 heteroatoms. The van der Waals surface area contributed by atoms with Crippen LogP contribution in [-0.4, -0.2) is 40.7 Å². The van der Waals surface area contributed by atoms with Crippen LogP contribution >= 0.6 is 0 Å². The minimum Gasteiger partial charge on any atom is -0.506 e. The van der Waals surface area contributed by atoms with Crippen molar-refractivity contribution in [1.82, 2.24) is 4.98 Å². The Morgan fingerprint density at radius 2 is 1.97 bits per heavy atom. The number of nitro groups is 1. The van der Waals surface area contributed by atoms with Crippen molar-refractivity contribution in [1.29, 1.82) is 0 Å². The number of phenols is 1. The van der Waals surface area contributed by atoms with E-state index < -0.39 is 16.9 Å². The van der Waals surface area contributed by atoms with Crippen LogP contribution in [0.15, 0.2) is 42.6 Å². The Balaban J connectivity index is 2.24. The minimum absolute atomic E-state index is 0.00859. The van der Waals surface area contributed by atoms with Crippen molar-refractivity contribution in [2.75, 3.05) is 19.0 Å². The van der Waals surface area contributed by atoms with Gasteiger partial charge in [0.1, 0.15) is 11.3 Å². The predicted molar refractivity (Wildman–Crippen MR) is 107 cm³/mol. The maximum Gasteiger partial charge on any atom is 0.341 e. The lowest BCUT2D eigenvalue weighted by molar-refractivity contribution is -0.384. The lowest BCUT2D eigenvalue weighted by Crippen LogP contribution is -2.10. The average Bonchev–Trinajstić information content (AvgIpc) is 2.74. The van der Waals surface area contributed by atoms with Crippen molar-refractivity contribution in [3.63, 3.8) is 0 Å². The van der Waals surface area contributed by atoms with E-state index in [-0.39, 0.29) is 40.5 Å². The highest BCUT2D eigenvalue weighted by atomic mass is 16.6. The third-order valence-corrected chi connectivity index (χ3v) is 4.24. The van der Waals surface area contributed by atoms with Gasteiger partial charge in [-0.1, -0.05) is 0 Å². The van der Waals surface area contributed by atoms with Gasteiger partial charge in [0.05, 0.1) is 41.1 Å². The van der Waals surface area contributed by atoms with Gasteiger partial charge in [-0.15, -0.1) is 0 Å². The summed E-state index contributed by atoms with van der Waals surface area (Å²) in [5.74, 6) is -1.56. The summed E-state index contributed by atoms with van der Waals surface area (Å²) in [4.78, 5) is 39.1. The first kappa shape index (κ1) is 20.5. The van der Waals surface area contributed by atoms with Gasteiger partial charge >= 0.3 is 11.9 Å². The first-order valence-electron chi connectivity index (χ1n) is 8.78. The number of phenolic OH excluding ortho intramolecular Hbond substituents is 1. The normalized spacial score (nSPS) is 10.5. The van der Waals surface area contributed by atoms with Crippen LogP contribution in [0.1, 0.15) is 27.6 Å². The molecule has 1 heterocycles. The summed E-state index contributed by atoms with van der Waals surface area (Å²) in [6.07, 6.45) is 1.29. The molecule has 0 spiro atoms. The molecule has 0 fully saturated rings. The fourth-order valence-corrected chi connectivity index (χ4v) is 2.81. The highest BCUT2D eigenvalue weighted by Gasteiger charge is 2.20. The number of esters is 2. The molecule has 0 aliphatic rings. The molecule has 0 bridgehead atoms. The summed E-state index contributed by atoms with van der Waals surface area (Å²) in [7, 11) is 1.24. The first-order chi connectivity index (χ1) is 14.3. The Labute approximate surface area is 170 Å². The molecule has 3 rings (SSSR count). The number of ether oxygens (including phenoxy) is 2. The summed E-state index contributed by atoms with van der Waals surface area (Å²) in [6, 6.07) is 7.98. The molecule has 30 heavy (non-hydrogen) atoms. The van der Waals surface area contributed by atoms with Gasteiger partial charge in [0.25, 0.3) is 5.69 Å². The predicted octanol–water partition coefficient (Wildman–Crippen LogP) is 3.56. The number of nitro benzene ring substituents is 1. The number of carbonyl (C=O) groups excluding carboxylic acids is 2. The van der Waals surface area contributed by atoms with E-state index in [2.05, 4.69) is 10.3 Å². The Bertz CT molecular complexity index is 1160. The number of rotatable bonds is 6. The molecule has 0 saturated carbocycles. The van der Waals surface area contributed by atoms with Gasteiger partial charge < -0.3 is 19.9 Å². The summed E-state index contributed by atoms with van der Waals surface area (Å²) in [5, 5.41) is 24.5. The Morgan fingerprint density at radius 1 is 1.20 bits per heavy atom. The number of nitrogens with zero attached hydrogens (tertiary/aromatic N) is 2. The van der Waals surface area contributed by atoms with Crippen LogP contribution < -0.4 is 5.32 Å². The number of aromatic nitrogens is 1. The molecule has 0 unspecified atom stereocenters. The standard InChI is InChI=1S/C20H17N3O7/c1-3-30-20(26)14-10-21-15-6-4-11(19(25)29-2)8-13(15)18(14)22-16-9-12(23(27)28)5-7-17(16)24/h4-10,24H,3H2,1-2H3,(H,21,22). The van der Waals surface area contributed by atoms with Crippen LogP contribution in [0.2, 0.25) is 0 Å². The zero-order valence-corrected chi connectivity index (χ0v) is 16.0. The van der Waals surface area contributed by atoms with Crippen molar-refractivity contribution < 1.29 is 29.1 Å². The Hall–Kier alpha value is -4.21. The van der Waals surface area contributed by atoms with Crippen LogP contribution in [0.4, 0.5) is 17.1 Å². The highest BCUT2D eigenvalue weighted by Crippen LogP contribution is 2.35. The van der Waals surface area contributed by atoms with Crippen molar-refractivity contribution in [3.8, 4) is 5.75 Å². The van der Waals surface area contributed by atoms with Gasteiger partial charge in [0, 0.05) is 23.7 Å². The van der Waals surface area contributed by atoms with Crippen molar-refractivity contribution >= 4 is 39.9 Å². The van der Waals surface area contributed by atoms with E-state index in [9.17, 15) is 24.8 Å². The topological polar surface area (TPSA) is 141 Å². The molecule has 1 aromatic heterocycles. The zero-order valence-electron chi connectivity index (χ0n) is 16.0. The third kappa shape index (κ3) is 3.97. The SMILES string of the molecule is CCOC(=O)c1cnc2ccc(C(=O)OC)cc2c1Nc1cc([N+](=O)[O-])ccc1O. The molecule has 10 nitrogen and oxygen atoms in total. The van der Waals surface area contributed by atoms with Gasteiger partial charge in [0.2, 0.25) is 0 Å². The number of hydrogen-bond acceptors (Lipinski definition) is 9. The molecule has 0 atom stereocenters. The van der Waals surface area contributed by atoms with E-state index in [1.807, 2.05) is 0 Å². The summed E-state index contributed by atoms with van der Waals surface area (Å²) in [6.45, 7) is 1.75. The number of nitrogens with one attached hydrogen (secondary N) is 1. The third-order valence-electron chi connectivity index (χ3n) is 4.24. The summed E-state index contributed by atoms with van der Waals surface area (Å²) in [5.41, 5.74) is 0.562. The lowest BCUT2D eigenvalue weighted by Gasteiger charge is -2.15. The van der Waals surface area contributed by atoms with Gasteiger partial charge in [-0.25, -0.2) is 9.59 Å². The molecule has 0 aliphatic carbocycles. The fraction of sp³-hybridized carbons (Fsp3) is 0.150. The maximum absolute atomic E-state index is 12.5. The number of non-ortho nitro benzene ring substituents is 1. The summed E-state index contributed by atoms with van der Waals surface area (Å²) < 4.78 is 9.80. The van der Waals surface area contributed by atoms with E-state index >= 15 is 0 Å². The van der Waals surface area contributed by atoms with Crippen LogP contribution in [-0.2, 0) is 9.47 Å². The second-order valence-corrected chi connectivity index (χ2v) is 6.07. The van der Waals surface area contributed by atoms with Crippen LogP contribution in [0, 0.1) is 10.1 Å². The van der Waals surface area contributed by atoms with Crippen LogP contribution in [0.25, 0.3) is 10.9 Å². The number of methoxy groups -OCH3 is 1. The number of aromatic hydroxyl groups is 1. The monoisotopic (exact) mass is 411 g/mol. The molecule has 0 aliphatic heterocycles. The molecule has 154 valence electrons. The van der Waals surface area contributed by atoms with E-state index in [1.54, 1.807) is 13.0 Å². The number of pyridine rings is 1. The molecule has 2 aromatic carbocycles. The molecule has 0 amide bonds. The van der Waals surface area contributed by atoms with E-state index in [0.29, 0.717) is 10.9 Å². The molecule has 2 N–H and O–H groups in total. The zero-order chi connectivity index (χ0) is 21.8. The fourth-order valence-electron chi connectivity index (χ4n) is 2.81. The van der Waals surface area contributed by atoms with Crippen molar-refractivity contribution in [3.05, 3.63) is 63.8 Å². The quantitative estimate of drug-likeness (QED) is 0.269. The van der Waals surface area contributed by atoms with Crippen LogP contribution in [0.3, 0.4) is 0 Å². The summed E-state index contributed by atoms with van der Waals surface area (Å²) >= 11 is 0. The second-order valence-electron chi connectivity index (χ2n) is 6.07. The van der Waals surface area contributed by atoms with Crippen molar-refractivity contribution in [2.45, 2.75) is 6.92 Å². The van der Waals surface area contributed by atoms with Gasteiger partial charge in [-0.3, -0.25) is 15.1 Å². The van der Waals surface area contributed by atoms with Gasteiger partial charge in [-0.2, -0.15) is 0 Å². The number of anilines is 2. The second kappa shape index (κ2) is 8.43. The molecule has 3 aromatic rings. The molecule has 0 saturated heterocycles. The number of hydrogen-bond donors (Lipinski definition) is 2. The molecule has 0 radical (unpaired) electrons. The minimum atomic E-state index is -0.692. The van der Waals surface area contributed by atoms with E-state index in [1.165, 1.54) is 25.4 Å². The van der Waals surface area contributed by atoms with Crippen molar-refractivity contribution in [2.24, 2.45) is 0 Å². The Kier molecular flexibility index (Phi) is 5.77. The smallest absolute Gasteiger partial charge is 0.341 e. The van der Waals surface area contributed by atoms with Crippen LogP contribution in [0.5, 0.6) is 5.75 Å². The number of fused-ring (bicyclic) bond motifs is 1. The number of benzene rings is 2. The van der Waals surface area contributed by atoms with Gasteiger partial charge in [0.15, 0.2) is 0 Å². The lowest BCUT2D eigenvalue weighted by atomic mass is 10.1. The Morgan fingerprint density at radius 3 is 2.63 bits per heavy atom. The largest absolute Gasteiger partial charge is 0.506 e. The first-order valence-corrected chi connectivity index (χ1v) is 8.78. The molecular weight excluding hydrogens is 394 g/mol. The highest BCUT2D eigenvalue weighted by molar-refractivity contribution is 6.08. The van der Waals surface area contributed by atoms with E-state index in [0.717, 1.165) is 18.2 Å². The average molecular weight is 411 g/mol. The number of carbonyl (C=O) groups is 2.